The molecule has 9 aromatic carbocycles. The summed E-state index contributed by atoms with van der Waals surface area (Å²) in [5, 5.41) is 5.27. The molecule has 0 amide bonds. The first-order chi connectivity index (χ1) is 27.1. The van der Waals surface area contributed by atoms with Gasteiger partial charge in [-0.25, -0.2) is 0 Å². The predicted octanol–water partition coefficient (Wildman–Crippen LogP) is 13.2. The summed E-state index contributed by atoms with van der Waals surface area (Å²) < 4.78 is 86.4. The quantitative estimate of drug-likeness (QED) is 0.183. The van der Waals surface area contributed by atoms with Crippen molar-refractivity contribution in [3.8, 4) is 33.4 Å². The molecule has 218 valence electrons. The molecule has 0 spiro atoms. The zero-order chi connectivity index (χ0) is 38.7. The van der Waals surface area contributed by atoms with Crippen molar-refractivity contribution in [3.05, 3.63) is 170 Å². The molecular weight excluding hydrogens is 569 g/mol. The van der Waals surface area contributed by atoms with Gasteiger partial charge in [-0.15, -0.1) is 0 Å². The van der Waals surface area contributed by atoms with Gasteiger partial charge in [-0.2, -0.15) is 0 Å². The molecule has 1 nitrogen and oxygen atoms in total. The van der Waals surface area contributed by atoms with Crippen LogP contribution in [0, 0.1) is 0 Å². The third-order valence-electron chi connectivity index (χ3n) is 9.10. The van der Waals surface area contributed by atoms with Crippen LogP contribution in [0.15, 0.2) is 174 Å². The minimum absolute atomic E-state index is 0.00267. The highest BCUT2D eigenvalue weighted by atomic mass is 16.3. The molecule has 0 saturated heterocycles. The van der Waals surface area contributed by atoms with E-state index in [9.17, 15) is 4.11 Å². The summed E-state index contributed by atoms with van der Waals surface area (Å²) >= 11 is 0. The molecule has 0 fully saturated rings. The summed E-state index contributed by atoms with van der Waals surface area (Å²) in [6, 6.07) is 35.2. The molecule has 0 aliphatic carbocycles. The van der Waals surface area contributed by atoms with Gasteiger partial charge in [0, 0.05) is 16.2 Å². The Morgan fingerprint density at radius 1 is 0.404 bits per heavy atom. The minimum Gasteiger partial charge on any atom is -0.455 e. The molecule has 47 heavy (non-hydrogen) atoms. The van der Waals surface area contributed by atoms with E-state index in [2.05, 4.69) is 36.4 Å². The largest absolute Gasteiger partial charge is 0.455 e. The fourth-order valence-electron chi connectivity index (χ4n) is 7.06. The van der Waals surface area contributed by atoms with Gasteiger partial charge in [0.05, 0.1) is 12.3 Å². The van der Waals surface area contributed by atoms with Crippen molar-refractivity contribution < 1.29 is 16.8 Å². The Balaban J connectivity index is 1.35. The Bertz CT molecular complexity index is 3300. The Hall–Kier alpha value is -6.18. The van der Waals surface area contributed by atoms with E-state index in [1.165, 1.54) is 0 Å². The molecule has 0 bridgehead atoms. The first-order valence-corrected chi connectivity index (χ1v) is 15.5. The molecule has 0 saturated carbocycles. The highest BCUT2D eigenvalue weighted by Gasteiger charge is 2.19. The zero-order valence-electron chi connectivity index (χ0n) is 33.9. The van der Waals surface area contributed by atoms with Crippen LogP contribution in [-0.4, -0.2) is 0 Å². The lowest BCUT2D eigenvalue weighted by Gasteiger charge is -2.19. The summed E-state index contributed by atoms with van der Waals surface area (Å²) in [5.41, 5.74) is 4.62. The normalized spacial score (nSPS) is 14.5. The molecular formula is C46H28O. The average molecular weight is 606 g/mol. The maximum Gasteiger partial charge on any atom is 0.143 e. The highest BCUT2D eigenvalue weighted by molar-refractivity contribution is 6.23. The van der Waals surface area contributed by atoms with Crippen LogP contribution in [0.4, 0.5) is 0 Å². The van der Waals surface area contributed by atoms with Crippen LogP contribution in [0.25, 0.3) is 98.4 Å². The molecule has 0 N–H and O–H groups in total. The molecule has 0 radical (unpaired) electrons. The zero-order valence-corrected chi connectivity index (χ0v) is 24.9. The van der Waals surface area contributed by atoms with Gasteiger partial charge in [-0.05, 0) is 101 Å². The van der Waals surface area contributed by atoms with Crippen LogP contribution in [0.1, 0.15) is 12.3 Å². The Kier molecular flexibility index (Phi) is 4.05. The van der Waals surface area contributed by atoms with Crippen molar-refractivity contribution in [2.45, 2.75) is 0 Å². The van der Waals surface area contributed by atoms with Crippen LogP contribution in [0.3, 0.4) is 0 Å². The second kappa shape index (κ2) is 10.2. The van der Waals surface area contributed by atoms with Gasteiger partial charge in [0.25, 0.3) is 0 Å². The number of furan rings is 1. The molecule has 10 rings (SSSR count). The molecule has 0 atom stereocenters. The Labute approximate surface area is 284 Å². The summed E-state index contributed by atoms with van der Waals surface area (Å²) in [5.74, 6) is 0. The Morgan fingerprint density at radius 3 is 1.79 bits per heavy atom. The lowest BCUT2D eigenvalue weighted by atomic mass is 9.84. The lowest BCUT2D eigenvalue weighted by Crippen LogP contribution is -1.92. The Morgan fingerprint density at radius 2 is 1.04 bits per heavy atom. The van der Waals surface area contributed by atoms with Gasteiger partial charge in [-0.1, -0.05) is 139 Å². The lowest BCUT2D eigenvalue weighted by molar-refractivity contribution is 0.672. The average Bonchev–Trinajstić information content (AvgIpc) is 3.63. The maximum absolute atomic E-state index is 9.78. The number of rotatable bonds is 3. The van der Waals surface area contributed by atoms with Crippen molar-refractivity contribution in [1.82, 2.24) is 0 Å². The van der Waals surface area contributed by atoms with Crippen molar-refractivity contribution in [1.29, 1.82) is 0 Å². The van der Waals surface area contributed by atoms with Crippen LogP contribution in [0.5, 0.6) is 0 Å². The summed E-state index contributed by atoms with van der Waals surface area (Å²) in [4.78, 5) is 0. The van der Waals surface area contributed by atoms with Gasteiger partial charge >= 0.3 is 0 Å². The molecule has 0 unspecified atom stereocenters. The van der Waals surface area contributed by atoms with E-state index in [-0.39, 0.29) is 62.4 Å². The van der Waals surface area contributed by atoms with Gasteiger partial charge < -0.3 is 4.42 Å². The van der Waals surface area contributed by atoms with Gasteiger partial charge in [0.2, 0.25) is 0 Å². The summed E-state index contributed by atoms with van der Waals surface area (Å²) in [6.07, 6.45) is 0. The molecule has 10 aromatic rings. The molecule has 1 heteroatoms. The van der Waals surface area contributed by atoms with E-state index in [4.69, 9.17) is 12.6 Å². The third-order valence-corrected chi connectivity index (χ3v) is 9.10. The second-order valence-corrected chi connectivity index (χ2v) is 11.7. The SMILES string of the molecule is [2H]c1c(-c2c3ccccc3c(-c3cc(-c4ccccc4)c4ccccc4c3)c3ccccc23)c([2H])c2c(oc3c4c([2H])c([2H])c([2H])c([2H])c4c([2H])c([2H])c32)c1[2H]. The van der Waals surface area contributed by atoms with Crippen molar-refractivity contribution in [2.75, 3.05) is 0 Å². The van der Waals surface area contributed by atoms with Crippen LogP contribution in [-0.2, 0) is 0 Å². The highest BCUT2D eigenvalue weighted by Crippen LogP contribution is 2.46. The summed E-state index contributed by atoms with van der Waals surface area (Å²) in [7, 11) is 0. The third kappa shape index (κ3) is 3.97. The van der Waals surface area contributed by atoms with Crippen molar-refractivity contribution in [2.24, 2.45) is 0 Å². The predicted molar refractivity (Wildman–Crippen MR) is 200 cm³/mol. The first-order valence-electron chi connectivity index (χ1n) is 20.0. The van der Waals surface area contributed by atoms with Crippen molar-refractivity contribution >= 4 is 65.0 Å². The molecule has 1 aromatic heterocycles. The monoisotopic (exact) mass is 605 g/mol. The minimum atomic E-state index is -0.536. The van der Waals surface area contributed by atoms with Crippen LogP contribution in [0.2, 0.25) is 0 Å². The van der Waals surface area contributed by atoms with E-state index in [0.29, 0.717) is 5.56 Å². The fourth-order valence-corrected chi connectivity index (χ4v) is 7.06. The second-order valence-electron chi connectivity index (χ2n) is 11.7. The number of fused-ring (bicyclic) bond motifs is 8. The van der Waals surface area contributed by atoms with Crippen molar-refractivity contribution in [3.63, 3.8) is 0 Å². The van der Waals surface area contributed by atoms with Gasteiger partial charge in [0.15, 0.2) is 0 Å². The topological polar surface area (TPSA) is 13.1 Å². The van der Waals surface area contributed by atoms with Gasteiger partial charge in [-0.3, -0.25) is 0 Å². The van der Waals surface area contributed by atoms with Gasteiger partial charge in [0.1, 0.15) is 11.2 Å². The molecule has 0 aliphatic rings. The smallest absolute Gasteiger partial charge is 0.143 e. The number of hydrogen-bond acceptors (Lipinski definition) is 1. The van der Waals surface area contributed by atoms with Crippen LogP contribution < -0.4 is 0 Å². The first kappa shape index (κ1) is 18.7. The van der Waals surface area contributed by atoms with E-state index in [0.717, 1.165) is 54.6 Å². The fraction of sp³-hybridized carbons (Fsp3) is 0. The van der Waals surface area contributed by atoms with E-state index < -0.39 is 30.2 Å². The molecule has 0 aliphatic heterocycles. The summed E-state index contributed by atoms with van der Waals surface area (Å²) in [6.45, 7) is 0. The standard InChI is InChI=1S/C46H28O/c1-2-12-29(13-3-1)41-28-33(26-31-15-5-6-16-34(31)41)45-38-20-10-8-18-36(38)44(37-19-9-11-21-39(37)45)32-23-25-43-42(27-32)40-24-22-30-14-4-7-17-35(30)46(40)47-43/h1-28H/i4D,7D,14D,17D,22D,23D,24D,25D,27D. The molecule has 1 heterocycles. The maximum atomic E-state index is 9.78. The van der Waals surface area contributed by atoms with E-state index in [1.807, 2.05) is 78.9 Å². The van der Waals surface area contributed by atoms with E-state index >= 15 is 0 Å². The number of benzene rings is 9. The van der Waals surface area contributed by atoms with Crippen LogP contribution >= 0.6 is 0 Å². The van der Waals surface area contributed by atoms with E-state index in [1.54, 1.807) is 0 Å². The number of hydrogen-bond donors (Lipinski definition) is 0.